The molecule has 3 heterocycles. The molecule has 16 heteroatoms. The number of aliphatic hydroxyl groups is 11. The number of rotatable bonds is 7. The molecule has 11 N–H and O–H groups in total. The van der Waals surface area contributed by atoms with Crippen LogP contribution in [0.15, 0.2) is 0 Å². The summed E-state index contributed by atoms with van der Waals surface area (Å²) < 4.78 is 26.1. The molecule has 0 aromatic rings. The first-order valence-corrected chi connectivity index (χ1v) is 10.6. The van der Waals surface area contributed by atoms with Gasteiger partial charge in [0.2, 0.25) is 0 Å². The fourth-order valence-electron chi connectivity index (χ4n) is 3.94. The van der Waals surface area contributed by atoms with Crippen molar-refractivity contribution in [2.45, 2.75) is 92.1 Å². The zero-order valence-corrected chi connectivity index (χ0v) is 17.7. The molecule has 16 nitrogen and oxygen atoms in total. The monoisotopic (exact) mass is 504 g/mol. The van der Waals surface area contributed by atoms with Gasteiger partial charge in [0, 0.05) is 0 Å². The van der Waals surface area contributed by atoms with Crippen molar-refractivity contribution in [2.75, 3.05) is 19.8 Å². The molecule has 3 aliphatic rings. The van der Waals surface area contributed by atoms with Gasteiger partial charge in [-0.05, 0) is 0 Å². The van der Waals surface area contributed by atoms with Crippen molar-refractivity contribution in [3.8, 4) is 0 Å². The van der Waals surface area contributed by atoms with Gasteiger partial charge in [-0.1, -0.05) is 0 Å². The Morgan fingerprint density at radius 1 is 0.500 bits per heavy atom. The van der Waals surface area contributed by atoms with Crippen molar-refractivity contribution in [3.05, 3.63) is 0 Å². The zero-order chi connectivity index (χ0) is 25.3. The van der Waals surface area contributed by atoms with Gasteiger partial charge >= 0.3 is 0 Å². The highest BCUT2D eigenvalue weighted by Crippen LogP contribution is 2.29. The van der Waals surface area contributed by atoms with Gasteiger partial charge in [-0.25, -0.2) is 0 Å². The second-order valence-corrected chi connectivity index (χ2v) is 8.37. The molecule has 0 aliphatic carbocycles. The van der Waals surface area contributed by atoms with Crippen molar-refractivity contribution in [1.29, 1.82) is 0 Å². The Balaban J connectivity index is 1.64. The summed E-state index contributed by atoms with van der Waals surface area (Å²) in [5.74, 6) is 0. The average Bonchev–Trinajstić information content (AvgIpc) is 2.82. The van der Waals surface area contributed by atoms with E-state index < -0.39 is 112 Å². The van der Waals surface area contributed by atoms with Crippen LogP contribution in [0.5, 0.6) is 0 Å². The van der Waals surface area contributed by atoms with Crippen LogP contribution >= 0.6 is 0 Å². The van der Waals surface area contributed by atoms with Gasteiger partial charge in [0.25, 0.3) is 0 Å². The minimum absolute atomic E-state index is 0.616. The molecule has 3 fully saturated rings. The van der Waals surface area contributed by atoms with E-state index in [1.807, 2.05) is 0 Å². The first kappa shape index (κ1) is 27.9. The van der Waals surface area contributed by atoms with Crippen LogP contribution in [0, 0.1) is 0 Å². The Labute approximate surface area is 192 Å². The Bertz CT molecular complexity index is 639. The predicted molar refractivity (Wildman–Crippen MR) is 101 cm³/mol. The highest BCUT2D eigenvalue weighted by Gasteiger charge is 2.51. The van der Waals surface area contributed by atoms with E-state index in [0.717, 1.165) is 0 Å². The Morgan fingerprint density at radius 2 is 0.971 bits per heavy atom. The molecule has 0 unspecified atom stereocenters. The normalized spacial score (nSPS) is 52.5. The molecule has 34 heavy (non-hydrogen) atoms. The van der Waals surface area contributed by atoms with Gasteiger partial charge in [0.15, 0.2) is 18.9 Å². The van der Waals surface area contributed by atoms with Crippen molar-refractivity contribution < 1.29 is 79.9 Å². The van der Waals surface area contributed by atoms with E-state index in [9.17, 15) is 51.1 Å². The predicted octanol–water partition coefficient (Wildman–Crippen LogP) is -7.57. The molecule has 0 aromatic heterocycles. The van der Waals surface area contributed by atoms with Gasteiger partial charge in [-0.2, -0.15) is 0 Å². The molecule has 0 spiro atoms. The summed E-state index contributed by atoms with van der Waals surface area (Å²) in [6.45, 7) is -2.03. The molecule has 0 saturated carbocycles. The summed E-state index contributed by atoms with van der Waals surface area (Å²) >= 11 is 0. The second-order valence-electron chi connectivity index (χ2n) is 8.37. The molecule has 0 amide bonds. The van der Waals surface area contributed by atoms with Gasteiger partial charge in [0.05, 0.1) is 19.8 Å². The van der Waals surface area contributed by atoms with E-state index in [0.29, 0.717) is 0 Å². The summed E-state index contributed by atoms with van der Waals surface area (Å²) in [5, 5.41) is 109. The molecular formula is C18H32O16. The first-order chi connectivity index (χ1) is 16.0. The lowest BCUT2D eigenvalue weighted by atomic mass is 9.97. The SMILES string of the molecule is OC[C@H]1O[C@@H](OC[C@H]2O[C@H](O[C@@H]3[C@@H](O)[C@H](O)[C@@H](CO)O[C@H]3O)[C@@H](O)[C@@H](O)[C@@H]2O)[C@H](O)[C@@H](O)[C@H]1O. The maximum absolute atomic E-state index is 10.2. The topological polar surface area (TPSA) is 269 Å². The van der Waals surface area contributed by atoms with Crippen LogP contribution in [0.3, 0.4) is 0 Å². The van der Waals surface area contributed by atoms with Crippen LogP contribution in [0.1, 0.15) is 0 Å². The largest absolute Gasteiger partial charge is 0.394 e. The van der Waals surface area contributed by atoms with E-state index in [4.69, 9.17) is 28.8 Å². The fourth-order valence-corrected chi connectivity index (χ4v) is 3.94. The summed E-state index contributed by atoms with van der Waals surface area (Å²) in [6.07, 6.45) is -25.0. The number of hydrogen-bond donors (Lipinski definition) is 11. The molecule has 3 aliphatic heterocycles. The third kappa shape index (κ3) is 5.52. The van der Waals surface area contributed by atoms with Crippen molar-refractivity contribution in [3.63, 3.8) is 0 Å². The van der Waals surface area contributed by atoms with E-state index in [1.54, 1.807) is 0 Å². The van der Waals surface area contributed by atoms with Gasteiger partial charge in [-0.15, -0.1) is 0 Å². The molecule has 3 rings (SSSR count). The molecule has 200 valence electrons. The standard InChI is InChI=1S/C18H32O16/c19-1-4-8(22)12(26)15(16(29)31-4)34-18-14(28)11(25)9(23)6(33-18)3-30-17-13(27)10(24)7(21)5(2-20)32-17/h4-29H,1-3H2/t4-,5-,6-,7+,8-,9-,10+,11+,12+,13-,14+,15-,16-,17-,18-/m1/s1. The van der Waals surface area contributed by atoms with E-state index in [-0.39, 0.29) is 0 Å². The Morgan fingerprint density at radius 3 is 1.56 bits per heavy atom. The third-order valence-corrected chi connectivity index (χ3v) is 6.08. The molecule has 0 aromatic carbocycles. The van der Waals surface area contributed by atoms with Crippen LogP contribution in [0.25, 0.3) is 0 Å². The van der Waals surface area contributed by atoms with Crippen LogP contribution < -0.4 is 0 Å². The summed E-state index contributed by atoms with van der Waals surface area (Å²) in [6, 6.07) is 0. The van der Waals surface area contributed by atoms with Crippen molar-refractivity contribution in [2.24, 2.45) is 0 Å². The molecular weight excluding hydrogens is 472 g/mol. The van der Waals surface area contributed by atoms with Crippen LogP contribution in [0.4, 0.5) is 0 Å². The van der Waals surface area contributed by atoms with E-state index >= 15 is 0 Å². The maximum Gasteiger partial charge on any atom is 0.187 e. The molecule has 0 bridgehead atoms. The quantitative estimate of drug-likeness (QED) is 0.154. The summed E-state index contributed by atoms with van der Waals surface area (Å²) in [4.78, 5) is 0. The minimum Gasteiger partial charge on any atom is -0.394 e. The second kappa shape index (κ2) is 11.6. The number of hydrogen-bond acceptors (Lipinski definition) is 16. The first-order valence-electron chi connectivity index (χ1n) is 10.6. The van der Waals surface area contributed by atoms with Gasteiger partial charge in [0.1, 0.15) is 73.2 Å². The molecule has 15 atom stereocenters. The van der Waals surface area contributed by atoms with Crippen molar-refractivity contribution >= 4 is 0 Å². The zero-order valence-electron chi connectivity index (χ0n) is 17.7. The Kier molecular flexibility index (Phi) is 9.54. The van der Waals surface area contributed by atoms with E-state index in [2.05, 4.69) is 0 Å². The van der Waals surface area contributed by atoms with E-state index in [1.165, 1.54) is 0 Å². The fraction of sp³-hybridized carbons (Fsp3) is 1.00. The molecule has 3 saturated heterocycles. The van der Waals surface area contributed by atoms with Gasteiger partial charge in [-0.3, -0.25) is 0 Å². The average molecular weight is 504 g/mol. The van der Waals surface area contributed by atoms with Crippen molar-refractivity contribution in [1.82, 2.24) is 0 Å². The summed E-state index contributed by atoms with van der Waals surface area (Å²) in [5.41, 5.74) is 0. The smallest absolute Gasteiger partial charge is 0.187 e. The Hall–Kier alpha value is -0.640. The highest BCUT2D eigenvalue weighted by molar-refractivity contribution is 4.94. The minimum atomic E-state index is -1.88. The van der Waals surface area contributed by atoms with Gasteiger partial charge < -0.3 is 79.9 Å². The van der Waals surface area contributed by atoms with Crippen LogP contribution in [-0.4, -0.2) is 168 Å². The lowest BCUT2D eigenvalue weighted by Crippen LogP contribution is -2.64. The summed E-state index contributed by atoms with van der Waals surface area (Å²) in [7, 11) is 0. The lowest BCUT2D eigenvalue weighted by Gasteiger charge is -2.45. The lowest BCUT2D eigenvalue weighted by molar-refractivity contribution is -0.367. The van der Waals surface area contributed by atoms with Crippen LogP contribution in [0.2, 0.25) is 0 Å². The number of aliphatic hydroxyl groups excluding tert-OH is 11. The third-order valence-electron chi connectivity index (χ3n) is 6.08. The number of ether oxygens (including phenoxy) is 5. The van der Waals surface area contributed by atoms with Crippen LogP contribution in [-0.2, 0) is 23.7 Å². The molecule has 0 radical (unpaired) electrons. The highest BCUT2D eigenvalue weighted by atomic mass is 16.7. The maximum atomic E-state index is 10.2.